The van der Waals surface area contributed by atoms with Crippen molar-refractivity contribution in [2.24, 2.45) is 4.99 Å². The lowest BCUT2D eigenvalue weighted by atomic mass is 10.3. The minimum atomic E-state index is 0.745. The fourth-order valence-electron chi connectivity index (χ4n) is 2.85. The minimum Gasteiger partial charge on any atom is -0.357 e. The quantitative estimate of drug-likeness (QED) is 0.657. The van der Waals surface area contributed by atoms with Crippen LogP contribution in [0.1, 0.15) is 23.6 Å². The highest BCUT2D eigenvalue weighted by Gasteiger charge is 2.21. The number of hydrogen-bond donors (Lipinski definition) is 1. The van der Waals surface area contributed by atoms with Gasteiger partial charge in [-0.1, -0.05) is 6.92 Å². The highest BCUT2D eigenvalue weighted by Crippen LogP contribution is 2.18. The van der Waals surface area contributed by atoms with Crippen LogP contribution in [0, 0.1) is 0 Å². The van der Waals surface area contributed by atoms with Crippen LogP contribution < -0.4 is 10.2 Å². The standard InChI is InChI=1S/C18H26N6S/c1-3-15-6-7-16(25-15)14-22-17(19-4-2)23-10-12-24(13-11-23)18-20-8-5-9-21-18/h5-9H,3-4,10-14H2,1-2H3,(H,19,22). The number of aryl methyl sites for hydroxylation is 1. The van der Waals surface area contributed by atoms with Gasteiger partial charge in [-0.15, -0.1) is 11.3 Å². The highest BCUT2D eigenvalue weighted by atomic mass is 32.1. The third-order valence-corrected chi connectivity index (χ3v) is 5.41. The van der Waals surface area contributed by atoms with E-state index in [2.05, 4.69) is 51.1 Å². The average molecular weight is 359 g/mol. The number of nitrogens with one attached hydrogen (secondary N) is 1. The molecule has 1 saturated heterocycles. The van der Waals surface area contributed by atoms with Crippen molar-refractivity contribution in [3.05, 3.63) is 40.3 Å². The summed E-state index contributed by atoms with van der Waals surface area (Å²) in [5, 5.41) is 3.43. The molecule has 25 heavy (non-hydrogen) atoms. The summed E-state index contributed by atoms with van der Waals surface area (Å²) in [4.78, 5) is 20.8. The first-order valence-corrected chi connectivity index (χ1v) is 9.74. The Labute approximate surface area is 153 Å². The van der Waals surface area contributed by atoms with Gasteiger partial charge in [0.25, 0.3) is 0 Å². The van der Waals surface area contributed by atoms with Crippen molar-refractivity contribution in [3.63, 3.8) is 0 Å². The Morgan fingerprint density at radius 1 is 1.12 bits per heavy atom. The second-order valence-corrected chi connectivity index (χ2v) is 7.17. The molecule has 1 N–H and O–H groups in total. The van der Waals surface area contributed by atoms with E-state index >= 15 is 0 Å². The molecule has 0 radical (unpaired) electrons. The van der Waals surface area contributed by atoms with Crippen molar-refractivity contribution in [2.45, 2.75) is 26.8 Å². The van der Waals surface area contributed by atoms with E-state index in [1.807, 2.05) is 17.4 Å². The fraction of sp³-hybridized carbons (Fsp3) is 0.500. The second kappa shape index (κ2) is 8.80. The number of aliphatic imine (C=N–C) groups is 1. The number of hydrogen-bond acceptors (Lipinski definition) is 5. The van der Waals surface area contributed by atoms with Crippen LogP contribution in [0.15, 0.2) is 35.6 Å². The number of rotatable bonds is 5. The zero-order valence-corrected chi connectivity index (χ0v) is 15.8. The summed E-state index contributed by atoms with van der Waals surface area (Å²) < 4.78 is 0. The lowest BCUT2D eigenvalue weighted by Gasteiger charge is -2.36. The molecule has 1 aliphatic rings. The maximum absolute atomic E-state index is 4.84. The van der Waals surface area contributed by atoms with Crippen molar-refractivity contribution < 1.29 is 0 Å². The Morgan fingerprint density at radius 2 is 1.84 bits per heavy atom. The SMILES string of the molecule is CCNC(=NCc1ccc(CC)s1)N1CCN(c2ncccn2)CC1. The molecular formula is C18H26N6S. The summed E-state index contributed by atoms with van der Waals surface area (Å²) in [6.45, 7) is 9.60. The van der Waals surface area contributed by atoms with Crippen molar-refractivity contribution in [1.82, 2.24) is 20.2 Å². The number of piperazine rings is 1. The van der Waals surface area contributed by atoms with Crippen LogP contribution in [-0.4, -0.2) is 53.6 Å². The maximum atomic E-state index is 4.84. The number of anilines is 1. The molecule has 7 heteroatoms. The Balaban J connectivity index is 1.60. The van der Waals surface area contributed by atoms with Gasteiger partial charge in [-0.3, -0.25) is 0 Å². The molecule has 3 rings (SSSR count). The van der Waals surface area contributed by atoms with Gasteiger partial charge in [-0.2, -0.15) is 0 Å². The van der Waals surface area contributed by atoms with E-state index in [0.717, 1.165) is 57.6 Å². The van der Waals surface area contributed by atoms with Crippen molar-refractivity contribution >= 4 is 23.2 Å². The predicted molar refractivity (Wildman–Crippen MR) is 104 cm³/mol. The maximum Gasteiger partial charge on any atom is 0.225 e. The smallest absolute Gasteiger partial charge is 0.225 e. The molecule has 0 aromatic carbocycles. The van der Waals surface area contributed by atoms with E-state index in [1.54, 1.807) is 12.4 Å². The largest absolute Gasteiger partial charge is 0.357 e. The normalized spacial score (nSPS) is 15.5. The zero-order valence-electron chi connectivity index (χ0n) is 15.0. The summed E-state index contributed by atoms with van der Waals surface area (Å²) in [5.74, 6) is 1.82. The van der Waals surface area contributed by atoms with E-state index in [4.69, 9.17) is 4.99 Å². The van der Waals surface area contributed by atoms with E-state index < -0.39 is 0 Å². The fourth-order valence-corrected chi connectivity index (χ4v) is 3.73. The van der Waals surface area contributed by atoms with Gasteiger partial charge in [-0.25, -0.2) is 15.0 Å². The summed E-state index contributed by atoms with van der Waals surface area (Å²) in [7, 11) is 0. The molecule has 0 amide bonds. The van der Waals surface area contributed by atoms with Crippen LogP contribution in [-0.2, 0) is 13.0 Å². The molecule has 2 aromatic heterocycles. The first-order valence-electron chi connectivity index (χ1n) is 8.93. The Bertz CT molecular complexity index is 676. The first-order chi connectivity index (χ1) is 12.3. The third-order valence-electron chi connectivity index (χ3n) is 4.20. The molecule has 0 saturated carbocycles. The molecule has 0 unspecified atom stereocenters. The third kappa shape index (κ3) is 4.69. The molecule has 2 aromatic rings. The van der Waals surface area contributed by atoms with Crippen LogP contribution in [0.3, 0.4) is 0 Å². The summed E-state index contributed by atoms with van der Waals surface area (Å²) in [5.41, 5.74) is 0. The van der Waals surface area contributed by atoms with Gasteiger partial charge >= 0.3 is 0 Å². The van der Waals surface area contributed by atoms with E-state index in [-0.39, 0.29) is 0 Å². The van der Waals surface area contributed by atoms with Crippen LogP contribution in [0.5, 0.6) is 0 Å². The topological polar surface area (TPSA) is 56.7 Å². The number of nitrogens with zero attached hydrogens (tertiary/aromatic N) is 5. The van der Waals surface area contributed by atoms with Crippen molar-refractivity contribution in [1.29, 1.82) is 0 Å². The minimum absolute atomic E-state index is 0.745. The van der Waals surface area contributed by atoms with Crippen LogP contribution in [0.2, 0.25) is 0 Å². The molecule has 0 aliphatic carbocycles. The Hall–Kier alpha value is -2.15. The highest BCUT2D eigenvalue weighted by molar-refractivity contribution is 7.11. The van der Waals surface area contributed by atoms with Gasteiger partial charge in [0.15, 0.2) is 5.96 Å². The van der Waals surface area contributed by atoms with Gasteiger partial charge in [0.1, 0.15) is 0 Å². The summed E-state index contributed by atoms with van der Waals surface area (Å²) in [6, 6.07) is 6.26. The van der Waals surface area contributed by atoms with Gasteiger partial charge in [0, 0.05) is 54.9 Å². The van der Waals surface area contributed by atoms with E-state index in [0.29, 0.717) is 0 Å². The average Bonchev–Trinajstić information content (AvgIpc) is 3.14. The molecule has 0 bridgehead atoms. The van der Waals surface area contributed by atoms with Gasteiger partial charge < -0.3 is 15.1 Å². The van der Waals surface area contributed by atoms with Crippen LogP contribution >= 0.6 is 11.3 Å². The van der Waals surface area contributed by atoms with Gasteiger partial charge in [0.05, 0.1) is 6.54 Å². The second-order valence-electron chi connectivity index (χ2n) is 5.91. The molecule has 6 nitrogen and oxygen atoms in total. The van der Waals surface area contributed by atoms with E-state index in [9.17, 15) is 0 Å². The molecule has 3 heterocycles. The molecule has 0 spiro atoms. The van der Waals surface area contributed by atoms with Crippen molar-refractivity contribution in [2.75, 3.05) is 37.6 Å². The van der Waals surface area contributed by atoms with Gasteiger partial charge in [-0.05, 0) is 31.5 Å². The summed E-state index contributed by atoms with van der Waals surface area (Å²) >= 11 is 1.86. The van der Waals surface area contributed by atoms with Crippen LogP contribution in [0.4, 0.5) is 5.95 Å². The molecule has 0 atom stereocenters. The number of aromatic nitrogens is 2. The Kier molecular flexibility index (Phi) is 6.22. The predicted octanol–water partition coefficient (Wildman–Crippen LogP) is 2.39. The molecule has 1 aliphatic heterocycles. The molecular weight excluding hydrogens is 332 g/mol. The molecule has 1 fully saturated rings. The van der Waals surface area contributed by atoms with E-state index in [1.165, 1.54) is 9.75 Å². The Morgan fingerprint density at radius 3 is 2.48 bits per heavy atom. The van der Waals surface area contributed by atoms with Crippen molar-refractivity contribution in [3.8, 4) is 0 Å². The lowest BCUT2D eigenvalue weighted by molar-refractivity contribution is 0.370. The van der Waals surface area contributed by atoms with Crippen LogP contribution in [0.25, 0.3) is 0 Å². The zero-order chi connectivity index (χ0) is 17.5. The number of guanidine groups is 1. The first kappa shape index (κ1) is 17.7. The number of thiophene rings is 1. The monoisotopic (exact) mass is 358 g/mol. The lowest BCUT2D eigenvalue weighted by Crippen LogP contribution is -2.52. The summed E-state index contributed by atoms with van der Waals surface area (Å²) in [6.07, 6.45) is 4.69. The molecule has 134 valence electrons. The van der Waals surface area contributed by atoms with Gasteiger partial charge in [0.2, 0.25) is 5.95 Å².